The summed E-state index contributed by atoms with van der Waals surface area (Å²) in [5.41, 5.74) is 7.69. The van der Waals surface area contributed by atoms with Crippen LogP contribution in [0, 0.1) is 6.92 Å². The number of rotatable bonds is 0. The molecule has 0 bridgehead atoms. The lowest BCUT2D eigenvalue weighted by Crippen LogP contribution is -1.85. The van der Waals surface area contributed by atoms with E-state index in [1.165, 1.54) is 46.7 Å². The Labute approximate surface area is 95.6 Å². The second kappa shape index (κ2) is 2.76. The van der Waals surface area contributed by atoms with E-state index in [0.29, 0.717) is 0 Å². The van der Waals surface area contributed by atoms with Crippen molar-refractivity contribution in [3.05, 3.63) is 47.0 Å². The van der Waals surface area contributed by atoms with Gasteiger partial charge in [-0.25, -0.2) is 0 Å². The summed E-state index contributed by atoms with van der Waals surface area (Å²) >= 11 is 0. The third-order valence-corrected chi connectivity index (χ3v) is 3.99. The molecule has 16 heavy (non-hydrogen) atoms. The first kappa shape index (κ1) is 8.58. The number of benzene rings is 2. The first-order valence-electron chi connectivity index (χ1n) is 6.11. The summed E-state index contributed by atoms with van der Waals surface area (Å²) in [4.78, 5) is 0. The summed E-state index contributed by atoms with van der Waals surface area (Å²) in [6.45, 7) is 2.20. The summed E-state index contributed by atoms with van der Waals surface area (Å²) < 4.78 is 0. The summed E-state index contributed by atoms with van der Waals surface area (Å²) in [6, 6.07) is 11.4. The quantitative estimate of drug-likeness (QED) is 0.593. The molecule has 0 heterocycles. The molecule has 2 aliphatic carbocycles. The molecule has 0 saturated carbocycles. The van der Waals surface area contributed by atoms with Gasteiger partial charge in [0.2, 0.25) is 0 Å². The Morgan fingerprint density at radius 2 is 1.75 bits per heavy atom. The van der Waals surface area contributed by atoms with Gasteiger partial charge >= 0.3 is 0 Å². The van der Waals surface area contributed by atoms with Crippen LogP contribution >= 0.6 is 0 Å². The Morgan fingerprint density at radius 3 is 2.62 bits per heavy atom. The van der Waals surface area contributed by atoms with E-state index in [-0.39, 0.29) is 0 Å². The van der Waals surface area contributed by atoms with Gasteiger partial charge in [-0.15, -0.1) is 0 Å². The van der Waals surface area contributed by atoms with Crippen LogP contribution in [0.15, 0.2) is 30.3 Å². The predicted molar refractivity (Wildman–Crippen MR) is 69.4 cm³/mol. The highest BCUT2D eigenvalue weighted by Crippen LogP contribution is 2.49. The highest BCUT2D eigenvalue weighted by atomic mass is 14.3. The maximum atomic E-state index is 2.37. The zero-order valence-corrected chi connectivity index (χ0v) is 9.51. The standard InChI is InChI=1S/C16H14/c1-10-8-11-4-2-7-14-12-5-3-6-13(12)15(9-10)16(11)14/h2,4,7-9H,3,5-6H2,1H3. The van der Waals surface area contributed by atoms with Crippen LogP contribution < -0.4 is 0 Å². The number of allylic oxidation sites excluding steroid dienone is 2. The third kappa shape index (κ3) is 0.904. The summed E-state index contributed by atoms with van der Waals surface area (Å²) in [5.74, 6) is 0. The largest absolute Gasteiger partial charge is 0.0610 e. The fourth-order valence-corrected chi connectivity index (χ4v) is 3.41. The van der Waals surface area contributed by atoms with E-state index in [9.17, 15) is 0 Å². The van der Waals surface area contributed by atoms with Gasteiger partial charge in [-0.1, -0.05) is 30.3 Å². The molecule has 78 valence electrons. The van der Waals surface area contributed by atoms with Gasteiger partial charge in [0.1, 0.15) is 0 Å². The van der Waals surface area contributed by atoms with E-state index in [1.807, 2.05) is 0 Å². The van der Waals surface area contributed by atoms with Crippen LogP contribution in [0.1, 0.15) is 36.0 Å². The monoisotopic (exact) mass is 206 g/mol. The fraction of sp³-hybridized carbons (Fsp3) is 0.250. The molecule has 0 N–H and O–H groups in total. The molecule has 2 aliphatic rings. The molecular formula is C16H14. The molecular weight excluding hydrogens is 192 g/mol. The van der Waals surface area contributed by atoms with Crippen molar-refractivity contribution in [2.45, 2.75) is 26.2 Å². The molecule has 0 heteroatoms. The van der Waals surface area contributed by atoms with Gasteiger partial charge in [0, 0.05) is 0 Å². The molecule has 0 fully saturated rings. The first-order chi connectivity index (χ1) is 7.84. The van der Waals surface area contributed by atoms with Crippen LogP contribution in [0.3, 0.4) is 0 Å². The van der Waals surface area contributed by atoms with E-state index in [0.717, 1.165) is 0 Å². The number of hydrogen-bond acceptors (Lipinski definition) is 0. The second-order valence-corrected chi connectivity index (χ2v) is 5.03. The van der Waals surface area contributed by atoms with Crippen LogP contribution in [0.4, 0.5) is 0 Å². The Balaban J connectivity index is 2.21. The predicted octanol–water partition coefficient (Wildman–Crippen LogP) is 4.56. The van der Waals surface area contributed by atoms with E-state index >= 15 is 0 Å². The normalized spacial score (nSPS) is 17.3. The maximum absolute atomic E-state index is 2.37. The summed E-state index contributed by atoms with van der Waals surface area (Å²) in [6.07, 6.45) is 3.90. The Kier molecular flexibility index (Phi) is 1.48. The number of hydrogen-bond donors (Lipinski definition) is 0. The van der Waals surface area contributed by atoms with E-state index < -0.39 is 0 Å². The molecule has 0 atom stereocenters. The lowest BCUT2D eigenvalue weighted by Gasteiger charge is -2.07. The Bertz CT molecular complexity index is 644. The topological polar surface area (TPSA) is 0 Å². The third-order valence-electron chi connectivity index (χ3n) is 3.99. The van der Waals surface area contributed by atoms with Gasteiger partial charge in [0.15, 0.2) is 0 Å². The molecule has 2 aromatic carbocycles. The summed E-state index contributed by atoms with van der Waals surface area (Å²) in [7, 11) is 0. The molecule has 0 amide bonds. The minimum Gasteiger partial charge on any atom is -0.0610 e. The zero-order chi connectivity index (χ0) is 10.7. The average molecular weight is 206 g/mol. The molecule has 0 spiro atoms. The molecule has 0 aromatic heterocycles. The Morgan fingerprint density at radius 1 is 0.938 bits per heavy atom. The lowest BCUT2D eigenvalue weighted by molar-refractivity contribution is 0.940. The van der Waals surface area contributed by atoms with Crippen molar-refractivity contribution in [1.29, 1.82) is 0 Å². The van der Waals surface area contributed by atoms with E-state index in [1.54, 1.807) is 11.1 Å². The SMILES string of the molecule is Cc1cc2c3c(cccc3c1)C1=C2CCC1. The van der Waals surface area contributed by atoms with E-state index in [4.69, 9.17) is 0 Å². The van der Waals surface area contributed by atoms with Crippen LogP contribution in [-0.4, -0.2) is 0 Å². The van der Waals surface area contributed by atoms with Crippen molar-refractivity contribution in [1.82, 2.24) is 0 Å². The number of aryl methyl sites for hydroxylation is 1. The molecule has 0 radical (unpaired) electrons. The zero-order valence-electron chi connectivity index (χ0n) is 9.51. The molecule has 0 saturated heterocycles. The van der Waals surface area contributed by atoms with Crippen molar-refractivity contribution >= 4 is 21.9 Å². The molecule has 4 rings (SSSR count). The van der Waals surface area contributed by atoms with Crippen LogP contribution in [-0.2, 0) is 0 Å². The van der Waals surface area contributed by atoms with Gasteiger partial charge < -0.3 is 0 Å². The molecule has 0 aliphatic heterocycles. The van der Waals surface area contributed by atoms with Gasteiger partial charge in [0.25, 0.3) is 0 Å². The maximum Gasteiger partial charge on any atom is -0.00329 e. The molecule has 0 unspecified atom stereocenters. The van der Waals surface area contributed by atoms with Crippen molar-refractivity contribution in [3.8, 4) is 0 Å². The number of fused-ring (bicyclic) bond motifs is 2. The highest BCUT2D eigenvalue weighted by molar-refractivity contribution is 6.14. The van der Waals surface area contributed by atoms with Crippen molar-refractivity contribution < 1.29 is 0 Å². The van der Waals surface area contributed by atoms with Gasteiger partial charge in [-0.2, -0.15) is 0 Å². The van der Waals surface area contributed by atoms with Crippen molar-refractivity contribution in [3.63, 3.8) is 0 Å². The highest BCUT2D eigenvalue weighted by Gasteiger charge is 2.26. The average Bonchev–Trinajstić information content (AvgIpc) is 2.83. The lowest BCUT2D eigenvalue weighted by atomic mass is 9.97. The van der Waals surface area contributed by atoms with Crippen molar-refractivity contribution in [2.75, 3.05) is 0 Å². The van der Waals surface area contributed by atoms with E-state index in [2.05, 4.69) is 37.3 Å². The first-order valence-corrected chi connectivity index (χ1v) is 6.11. The minimum absolute atomic E-state index is 1.28. The van der Waals surface area contributed by atoms with Gasteiger partial charge in [-0.05, 0) is 64.8 Å². The second-order valence-electron chi connectivity index (χ2n) is 5.03. The van der Waals surface area contributed by atoms with Gasteiger partial charge in [0.05, 0.1) is 0 Å². The smallest absolute Gasteiger partial charge is 0.00329 e. The van der Waals surface area contributed by atoms with Crippen molar-refractivity contribution in [2.24, 2.45) is 0 Å². The van der Waals surface area contributed by atoms with Crippen LogP contribution in [0.25, 0.3) is 21.9 Å². The minimum atomic E-state index is 1.28. The van der Waals surface area contributed by atoms with Gasteiger partial charge in [-0.3, -0.25) is 0 Å². The summed E-state index contributed by atoms with van der Waals surface area (Å²) in [5, 5.41) is 2.93. The Hall–Kier alpha value is -1.56. The molecule has 0 nitrogen and oxygen atoms in total. The van der Waals surface area contributed by atoms with Crippen LogP contribution in [0.5, 0.6) is 0 Å². The fourth-order valence-electron chi connectivity index (χ4n) is 3.41. The molecule has 2 aromatic rings. The van der Waals surface area contributed by atoms with Crippen LogP contribution in [0.2, 0.25) is 0 Å².